The smallest absolute Gasteiger partial charge is 0.253 e. The molecular formula is C12H14N3O4S3-. The molecule has 1 aromatic carbocycles. The first kappa shape index (κ1) is 18.3. The molecule has 0 aliphatic heterocycles. The molecule has 0 heterocycles. The Morgan fingerprint density at radius 1 is 1.27 bits per heavy atom. The Bertz CT molecular complexity index is 684. The van der Waals surface area contributed by atoms with Crippen molar-refractivity contribution >= 4 is 50.6 Å². The first-order chi connectivity index (χ1) is 10.2. The highest BCUT2D eigenvalue weighted by Gasteiger charge is 2.20. The second-order valence-electron chi connectivity index (χ2n) is 4.41. The molecule has 0 aliphatic carbocycles. The summed E-state index contributed by atoms with van der Waals surface area (Å²) >= 11 is 9.01. The van der Waals surface area contributed by atoms with Crippen LogP contribution in [-0.2, 0) is 27.3 Å². The fraction of sp³-hybridized carbons (Fsp3) is 0.250. The van der Waals surface area contributed by atoms with Gasteiger partial charge in [-0.15, -0.1) is 0 Å². The molecule has 0 saturated heterocycles. The maximum absolute atomic E-state index is 12.0. The normalized spacial score (nSPS) is 11.8. The number of oxime groups is 1. The maximum atomic E-state index is 12.0. The molecule has 0 aliphatic rings. The number of nitrogens with one attached hydrogen (secondary N) is 2. The molecule has 3 N–H and O–H groups in total. The lowest BCUT2D eigenvalue weighted by molar-refractivity contribution is -0.119. The molecule has 0 bridgehead atoms. The SMILES string of the molecule is Cc1ccc(/C(CS(=O)(=O)CC(=O)NNC(=S)[S-])=N\O)cc1. The summed E-state index contributed by atoms with van der Waals surface area (Å²) in [5.74, 6) is -2.17. The molecule has 0 spiro atoms. The molecular weight excluding hydrogens is 346 g/mol. The van der Waals surface area contributed by atoms with Crippen LogP contribution in [0.4, 0.5) is 0 Å². The van der Waals surface area contributed by atoms with E-state index in [2.05, 4.69) is 40.9 Å². The molecule has 0 radical (unpaired) electrons. The minimum atomic E-state index is -3.82. The number of hydrogen-bond acceptors (Lipinski definition) is 7. The van der Waals surface area contributed by atoms with E-state index in [0.717, 1.165) is 5.56 Å². The van der Waals surface area contributed by atoms with Crippen molar-refractivity contribution in [3.05, 3.63) is 35.4 Å². The minimum Gasteiger partial charge on any atom is -0.411 e. The summed E-state index contributed by atoms with van der Waals surface area (Å²) in [4.78, 5) is 11.5. The highest BCUT2D eigenvalue weighted by molar-refractivity contribution is 8.00. The van der Waals surface area contributed by atoms with Crippen LogP contribution in [-0.4, -0.2) is 41.1 Å². The number of carbonyl (C=O) groups excluding carboxylic acids is 1. The van der Waals surface area contributed by atoms with Crippen LogP contribution >= 0.6 is 12.2 Å². The Kier molecular flexibility index (Phi) is 6.65. The topological polar surface area (TPSA) is 108 Å². The number of thiocarbonyl (C=S) groups is 1. The van der Waals surface area contributed by atoms with Gasteiger partial charge in [-0.3, -0.25) is 10.2 Å². The molecule has 1 rings (SSSR count). The third kappa shape index (κ3) is 6.33. The lowest BCUT2D eigenvalue weighted by Gasteiger charge is -2.11. The number of rotatable bonds is 5. The summed E-state index contributed by atoms with van der Waals surface area (Å²) < 4.78 is 23.8. The van der Waals surface area contributed by atoms with Gasteiger partial charge in [0.1, 0.15) is 11.5 Å². The van der Waals surface area contributed by atoms with Crippen molar-refractivity contribution in [1.82, 2.24) is 10.9 Å². The lowest BCUT2D eigenvalue weighted by atomic mass is 10.1. The van der Waals surface area contributed by atoms with Gasteiger partial charge in [-0.2, -0.15) is 0 Å². The second kappa shape index (κ2) is 8.01. The zero-order valence-electron chi connectivity index (χ0n) is 11.6. The number of sulfone groups is 1. The van der Waals surface area contributed by atoms with Crippen molar-refractivity contribution in [2.75, 3.05) is 11.5 Å². The molecule has 1 aromatic rings. The molecule has 120 valence electrons. The molecule has 7 nitrogen and oxygen atoms in total. The van der Waals surface area contributed by atoms with Gasteiger partial charge in [0, 0.05) is 5.56 Å². The molecule has 10 heteroatoms. The average molecular weight is 360 g/mol. The van der Waals surface area contributed by atoms with Crippen LogP contribution in [0.15, 0.2) is 29.4 Å². The van der Waals surface area contributed by atoms with Crippen LogP contribution in [0.25, 0.3) is 0 Å². The van der Waals surface area contributed by atoms with E-state index < -0.39 is 27.3 Å². The Morgan fingerprint density at radius 3 is 2.36 bits per heavy atom. The van der Waals surface area contributed by atoms with Crippen LogP contribution in [0.5, 0.6) is 0 Å². The summed E-state index contributed by atoms with van der Waals surface area (Å²) in [6.45, 7) is 1.87. The highest BCUT2D eigenvalue weighted by Crippen LogP contribution is 2.07. The Hall–Kier alpha value is -1.78. The first-order valence-corrected chi connectivity index (χ1v) is 8.61. The van der Waals surface area contributed by atoms with E-state index in [9.17, 15) is 13.2 Å². The molecule has 1 amide bonds. The van der Waals surface area contributed by atoms with Gasteiger partial charge in [-0.1, -0.05) is 35.0 Å². The number of hydrogen-bond donors (Lipinski definition) is 3. The van der Waals surface area contributed by atoms with Crippen LogP contribution in [0.3, 0.4) is 0 Å². The van der Waals surface area contributed by atoms with Crippen LogP contribution < -0.4 is 10.9 Å². The van der Waals surface area contributed by atoms with Crippen LogP contribution in [0.2, 0.25) is 0 Å². The predicted molar refractivity (Wildman–Crippen MR) is 89.4 cm³/mol. The standard InChI is InChI=1S/C12H15N3O4S3/c1-8-2-4-9(5-3-8)10(15-17)6-22(18,19)7-11(16)13-14-12(20)21/h2-5,17H,6-7H2,1H3,(H,13,16)(H2,14,20,21)/p-1/b15-10-. The minimum absolute atomic E-state index is 0.0421. The number of aryl methyl sites for hydroxylation is 1. The average Bonchev–Trinajstić information content (AvgIpc) is 2.43. The Balaban J connectivity index is 2.75. The van der Waals surface area contributed by atoms with Crippen molar-refractivity contribution in [2.24, 2.45) is 5.16 Å². The summed E-state index contributed by atoms with van der Waals surface area (Å²) in [7, 11) is -3.82. The first-order valence-electron chi connectivity index (χ1n) is 5.98. The third-order valence-corrected chi connectivity index (χ3v) is 4.14. The lowest BCUT2D eigenvalue weighted by Crippen LogP contribution is -2.43. The summed E-state index contributed by atoms with van der Waals surface area (Å²) in [5, 5.41) is 12.0. The van der Waals surface area contributed by atoms with Crippen molar-refractivity contribution in [1.29, 1.82) is 0 Å². The summed E-state index contributed by atoms with van der Waals surface area (Å²) in [5.41, 5.74) is 5.64. The van der Waals surface area contributed by atoms with Gasteiger partial charge in [0.2, 0.25) is 0 Å². The van der Waals surface area contributed by atoms with Crippen molar-refractivity contribution in [2.45, 2.75) is 6.92 Å². The molecule has 22 heavy (non-hydrogen) atoms. The van der Waals surface area contributed by atoms with Gasteiger partial charge in [0.05, 0.1) is 5.75 Å². The van der Waals surface area contributed by atoms with E-state index in [-0.39, 0.29) is 10.0 Å². The van der Waals surface area contributed by atoms with E-state index in [0.29, 0.717) is 5.56 Å². The molecule has 0 unspecified atom stereocenters. The maximum Gasteiger partial charge on any atom is 0.253 e. The number of hydrazine groups is 1. The highest BCUT2D eigenvalue weighted by atomic mass is 32.2. The van der Waals surface area contributed by atoms with E-state index in [1.807, 2.05) is 6.92 Å². The van der Waals surface area contributed by atoms with E-state index in [1.165, 1.54) is 0 Å². The zero-order valence-corrected chi connectivity index (χ0v) is 14.0. The summed E-state index contributed by atoms with van der Waals surface area (Å²) in [6, 6.07) is 6.79. The van der Waals surface area contributed by atoms with E-state index in [4.69, 9.17) is 5.21 Å². The zero-order chi connectivity index (χ0) is 16.8. The second-order valence-corrected chi connectivity index (χ2v) is 7.55. The quantitative estimate of drug-likeness (QED) is 0.224. The molecule has 0 saturated carbocycles. The molecule has 0 atom stereocenters. The van der Waals surface area contributed by atoms with Crippen molar-refractivity contribution < 1.29 is 18.4 Å². The van der Waals surface area contributed by atoms with Gasteiger partial charge >= 0.3 is 0 Å². The summed E-state index contributed by atoms with van der Waals surface area (Å²) in [6.07, 6.45) is 0. The number of nitrogens with zero attached hydrogens (tertiary/aromatic N) is 1. The predicted octanol–water partition coefficient (Wildman–Crippen LogP) is 0.0407. The van der Waals surface area contributed by atoms with E-state index in [1.54, 1.807) is 24.3 Å². The van der Waals surface area contributed by atoms with Crippen molar-refractivity contribution in [3.63, 3.8) is 0 Å². The van der Waals surface area contributed by atoms with Crippen LogP contribution in [0, 0.1) is 6.92 Å². The van der Waals surface area contributed by atoms with Gasteiger partial charge in [-0.25, -0.2) is 8.42 Å². The molecule has 0 fully saturated rings. The van der Waals surface area contributed by atoms with Gasteiger partial charge in [0.15, 0.2) is 9.84 Å². The fourth-order valence-corrected chi connectivity index (χ4v) is 2.85. The molecule has 0 aromatic heterocycles. The van der Waals surface area contributed by atoms with Crippen molar-refractivity contribution in [3.8, 4) is 0 Å². The monoisotopic (exact) mass is 360 g/mol. The largest absolute Gasteiger partial charge is 0.411 e. The number of amides is 1. The Morgan fingerprint density at radius 2 is 1.86 bits per heavy atom. The third-order valence-electron chi connectivity index (χ3n) is 2.52. The van der Waals surface area contributed by atoms with Gasteiger partial charge in [-0.05, 0) is 11.2 Å². The Labute approximate surface area is 139 Å². The number of benzene rings is 1. The number of carbonyl (C=O) groups is 1. The van der Waals surface area contributed by atoms with Crippen LogP contribution in [0.1, 0.15) is 11.1 Å². The van der Waals surface area contributed by atoms with E-state index >= 15 is 0 Å². The van der Waals surface area contributed by atoms with Gasteiger partial charge < -0.3 is 35.5 Å². The fourth-order valence-electron chi connectivity index (χ4n) is 1.53. The van der Waals surface area contributed by atoms with Gasteiger partial charge in [0.25, 0.3) is 5.91 Å².